The molecule has 1 aromatic carbocycles. The summed E-state index contributed by atoms with van der Waals surface area (Å²) in [5, 5.41) is 3.44. The van der Waals surface area contributed by atoms with Gasteiger partial charge >= 0.3 is 6.16 Å². The Morgan fingerprint density at radius 1 is 1.14 bits per heavy atom. The highest BCUT2D eigenvalue weighted by atomic mass is 16.7. The molecule has 1 heterocycles. The summed E-state index contributed by atoms with van der Waals surface area (Å²) in [4.78, 5) is 11.8. The zero-order valence-electron chi connectivity index (χ0n) is 12.3. The largest absolute Gasteiger partial charge is 0.510 e. The minimum atomic E-state index is -0.576. The van der Waals surface area contributed by atoms with Crippen LogP contribution in [-0.4, -0.2) is 18.4 Å². The van der Waals surface area contributed by atoms with Crippen LogP contribution in [0.2, 0.25) is 0 Å². The molecule has 1 aliphatic heterocycles. The number of hydrogen-bond donors (Lipinski definition) is 1. The summed E-state index contributed by atoms with van der Waals surface area (Å²) in [6, 6.07) is 10.2. The minimum absolute atomic E-state index is 0.179. The average Bonchev–Trinajstić information content (AvgIpc) is 2.75. The summed E-state index contributed by atoms with van der Waals surface area (Å²) in [5.74, 6) is 0.652. The third-order valence-corrected chi connectivity index (χ3v) is 4.51. The Bertz CT molecular complexity index is 448. The molecule has 0 spiro atoms. The second-order valence-corrected chi connectivity index (χ2v) is 6.04. The number of rotatable bonds is 3. The van der Waals surface area contributed by atoms with E-state index in [-0.39, 0.29) is 12.8 Å². The van der Waals surface area contributed by atoms with Gasteiger partial charge in [-0.1, -0.05) is 49.6 Å². The predicted molar refractivity (Wildman–Crippen MR) is 79.6 cm³/mol. The van der Waals surface area contributed by atoms with Gasteiger partial charge in [-0.25, -0.2) is 4.79 Å². The first kappa shape index (κ1) is 14.4. The highest BCUT2D eigenvalue weighted by molar-refractivity contribution is 5.60. The number of carbonyl (C=O) groups excluding carboxylic acids is 1. The summed E-state index contributed by atoms with van der Waals surface area (Å²) < 4.78 is 10.6. The number of ether oxygens (including phenoxy) is 2. The van der Waals surface area contributed by atoms with Gasteiger partial charge in [0.05, 0.1) is 0 Å². The molecule has 0 radical (unpaired) electrons. The first-order chi connectivity index (χ1) is 10.3. The van der Waals surface area contributed by atoms with Crippen LogP contribution < -0.4 is 5.32 Å². The maximum absolute atomic E-state index is 11.8. The lowest BCUT2D eigenvalue weighted by atomic mass is 9.96. The Hall–Kier alpha value is -1.55. The molecule has 114 valence electrons. The maximum Gasteiger partial charge on any atom is 0.510 e. The Labute approximate surface area is 125 Å². The van der Waals surface area contributed by atoms with E-state index in [1.165, 1.54) is 32.1 Å². The van der Waals surface area contributed by atoms with Crippen LogP contribution in [0.4, 0.5) is 4.79 Å². The molecule has 4 nitrogen and oxygen atoms in total. The Morgan fingerprint density at radius 2 is 1.95 bits per heavy atom. The van der Waals surface area contributed by atoms with Crippen molar-refractivity contribution in [3.63, 3.8) is 0 Å². The Kier molecular flexibility index (Phi) is 4.76. The monoisotopic (exact) mass is 289 g/mol. The van der Waals surface area contributed by atoms with E-state index in [1.54, 1.807) is 0 Å². The first-order valence-corrected chi connectivity index (χ1v) is 7.94. The van der Waals surface area contributed by atoms with Crippen LogP contribution in [0.25, 0.3) is 0 Å². The van der Waals surface area contributed by atoms with E-state index in [0.717, 1.165) is 12.0 Å². The van der Waals surface area contributed by atoms with Crippen molar-refractivity contribution in [3.05, 3.63) is 35.9 Å². The van der Waals surface area contributed by atoms with Crippen LogP contribution in [0.3, 0.4) is 0 Å². The fraction of sp³-hybridized carbons (Fsp3) is 0.588. The molecule has 0 aromatic heterocycles. The quantitative estimate of drug-likeness (QED) is 0.864. The summed E-state index contributed by atoms with van der Waals surface area (Å²) in [7, 11) is 0. The lowest BCUT2D eigenvalue weighted by molar-refractivity contribution is 0.0119. The van der Waals surface area contributed by atoms with E-state index in [2.05, 4.69) is 5.32 Å². The lowest BCUT2D eigenvalue weighted by Gasteiger charge is -2.15. The molecule has 1 saturated carbocycles. The standard InChI is InChI=1S/C17H23NO3/c19-17(20-12-13-7-3-1-4-8-13)21-16-11-14-9-5-2-6-10-15(14)18-16/h1,3-4,7-8,14-16,18H,2,5-6,9-12H2/t14?,15-,16?/m1/s1. The fourth-order valence-electron chi connectivity index (χ4n) is 3.42. The van der Waals surface area contributed by atoms with Crippen LogP contribution >= 0.6 is 0 Å². The van der Waals surface area contributed by atoms with Gasteiger partial charge in [0.2, 0.25) is 0 Å². The van der Waals surface area contributed by atoms with Crippen molar-refractivity contribution < 1.29 is 14.3 Å². The van der Waals surface area contributed by atoms with E-state index in [0.29, 0.717) is 12.0 Å². The molecule has 0 bridgehead atoms. The molecule has 3 rings (SSSR count). The molecule has 1 N–H and O–H groups in total. The molecule has 4 heteroatoms. The highest BCUT2D eigenvalue weighted by Crippen LogP contribution is 2.32. The van der Waals surface area contributed by atoms with E-state index < -0.39 is 6.16 Å². The second-order valence-electron chi connectivity index (χ2n) is 6.04. The van der Waals surface area contributed by atoms with Crippen molar-refractivity contribution in [1.29, 1.82) is 0 Å². The molecule has 1 saturated heterocycles. The van der Waals surface area contributed by atoms with Gasteiger partial charge in [-0.15, -0.1) is 0 Å². The smallest absolute Gasteiger partial charge is 0.429 e. The second kappa shape index (κ2) is 6.94. The van der Waals surface area contributed by atoms with Gasteiger partial charge in [0.1, 0.15) is 6.61 Å². The predicted octanol–water partition coefficient (Wildman–Crippen LogP) is 3.61. The van der Waals surface area contributed by atoms with Crippen molar-refractivity contribution in [2.24, 2.45) is 5.92 Å². The van der Waals surface area contributed by atoms with Crippen LogP contribution in [0.15, 0.2) is 30.3 Å². The number of fused-ring (bicyclic) bond motifs is 1. The van der Waals surface area contributed by atoms with Gasteiger partial charge in [-0.2, -0.15) is 0 Å². The highest BCUT2D eigenvalue weighted by Gasteiger charge is 2.36. The molecule has 2 unspecified atom stereocenters. The molecule has 2 aliphatic rings. The molecule has 2 fully saturated rings. The molecular weight excluding hydrogens is 266 g/mol. The summed E-state index contributed by atoms with van der Waals surface area (Å²) in [6.45, 7) is 0.263. The van der Waals surface area contributed by atoms with Crippen molar-refractivity contribution >= 4 is 6.16 Å². The number of nitrogens with one attached hydrogen (secondary N) is 1. The van der Waals surface area contributed by atoms with E-state index in [1.807, 2.05) is 30.3 Å². The fourth-order valence-corrected chi connectivity index (χ4v) is 3.42. The Morgan fingerprint density at radius 3 is 2.81 bits per heavy atom. The molecule has 0 amide bonds. The number of hydrogen-bond acceptors (Lipinski definition) is 4. The number of benzene rings is 1. The van der Waals surface area contributed by atoms with Gasteiger partial charge in [0.15, 0.2) is 6.23 Å². The van der Waals surface area contributed by atoms with Gasteiger partial charge < -0.3 is 9.47 Å². The molecule has 1 aliphatic carbocycles. The molecule has 3 atom stereocenters. The van der Waals surface area contributed by atoms with Gasteiger partial charge in [0, 0.05) is 12.5 Å². The van der Waals surface area contributed by atoms with Gasteiger partial charge in [-0.3, -0.25) is 5.32 Å². The molecular formula is C17H23NO3. The zero-order chi connectivity index (χ0) is 14.5. The van der Waals surface area contributed by atoms with Crippen molar-refractivity contribution in [3.8, 4) is 0 Å². The minimum Gasteiger partial charge on any atom is -0.429 e. The van der Waals surface area contributed by atoms with Crippen LogP contribution in [-0.2, 0) is 16.1 Å². The Balaban J connectivity index is 1.43. The van der Waals surface area contributed by atoms with Crippen LogP contribution in [0.1, 0.15) is 44.1 Å². The van der Waals surface area contributed by atoms with E-state index in [9.17, 15) is 4.79 Å². The van der Waals surface area contributed by atoms with Crippen LogP contribution in [0.5, 0.6) is 0 Å². The molecule has 21 heavy (non-hydrogen) atoms. The van der Waals surface area contributed by atoms with Gasteiger partial charge in [0.25, 0.3) is 0 Å². The SMILES string of the molecule is O=C(OCc1ccccc1)OC1CC2CCCCC[C@H]2N1. The van der Waals surface area contributed by atoms with Crippen molar-refractivity contribution in [2.45, 2.75) is 57.4 Å². The van der Waals surface area contributed by atoms with E-state index in [4.69, 9.17) is 9.47 Å². The summed E-state index contributed by atoms with van der Waals surface area (Å²) >= 11 is 0. The third-order valence-electron chi connectivity index (χ3n) is 4.51. The lowest BCUT2D eigenvalue weighted by Crippen LogP contribution is -2.34. The normalized spacial score (nSPS) is 28.5. The van der Waals surface area contributed by atoms with Crippen molar-refractivity contribution in [1.82, 2.24) is 5.32 Å². The average molecular weight is 289 g/mol. The third kappa shape index (κ3) is 3.97. The topological polar surface area (TPSA) is 47.6 Å². The van der Waals surface area contributed by atoms with Crippen LogP contribution in [0, 0.1) is 5.92 Å². The van der Waals surface area contributed by atoms with E-state index >= 15 is 0 Å². The van der Waals surface area contributed by atoms with Crippen molar-refractivity contribution in [2.75, 3.05) is 0 Å². The zero-order valence-corrected chi connectivity index (χ0v) is 12.3. The molecule has 1 aromatic rings. The summed E-state index contributed by atoms with van der Waals surface area (Å²) in [5.41, 5.74) is 0.971. The summed E-state index contributed by atoms with van der Waals surface area (Å²) in [6.07, 6.45) is 6.52. The van der Waals surface area contributed by atoms with Gasteiger partial charge in [-0.05, 0) is 24.3 Å². The number of carbonyl (C=O) groups is 1. The first-order valence-electron chi connectivity index (χ1n) is 7.94. The maximum atomic E-state index is 11.8.